The molecule has 0 saturated heterocycles. The Labute approximate surface area is 80.1 Å². The molecule has 0 heterocycles. The van der Waals surface area contributed by atoms with Gasteiger partial charge in [-0.1, -0.05) is 24.3 Å². The zero-order valence-corrected chi connectivity index (χ0v) is 8.54. The Kier molecular flexibility index (Phi) is 3.46. The van der Waals surface area contributed by atoms with Crippen molar-refractivity contribution in [1.82, 2.24) is 5.32 Å². The monoisotopic (exact) mass is 178 g/mol. The van der Waals surface area contributed by atoms with Gasteiger partial charge in [0.15, 0.2) is 0 Å². The number of nitrogens with two attached hydrogens (primary N) is 1. The summed E-state index contributed by atoms with van der Waals surface area (Å²) in [6, 6.07) is 8.72. The van der Waals surface area contributed by atoms with Gasteiger partial charge < -0.3 is 11.1 Å². The van der Waals surface area contributed by atoms with E-state index in [1.807, 2.05) is 20.0 Å². The maximum absolute atomic E-state index is 5.89. The lowest BCUT2D eigenvalue weighted by Crippen LogP contribution is -2.34. The molecule has 0 radical (unpaired) electrons. The summed E-state index contributed by atoms with van der Waals surface area (Å²) < 4.78 is 0. The van der Waals surface area contributed by atoms with E-state index < -0.39 is 0 Å². The van der Waals surface area contributed by atoms with Gasteiger partial charge in [0.1, 0.15) is 0 Å². The number of hydrogen-bond donors (Lipinski definition) is 2. The van der Waals surface area contributed by atoms with Crippen molar-refractivity contribution in [2.75, 3.05) is 7.05 Å². The third-order valence-electron chi connectivity index (χ3n) is 2.36. The van der Waals surface area contributed by atoms with Crippen LogP contribution in [0.2, 0.25) is 0 Å². The number of nitrogens with one attached hydrogen (secondary N) is 1. The average Bonchev–Trinajstić information content (AvgIpc) is 2.09. The molecule has 0 aromatic heterocycles. The van der Waals surface area contributed by atoms with Gasteiger partial charge in [0.2, 0.25) is 0 Å². The average molecular weight is 178 g/mol. The molecule has 2 nitrogen and oxygen atoms in total. The van der Waals surface area contributed by atoms with Crippen molar-refractivity contribution >= 4 is 0 Å². The van der Waals surface area contributed by atoms with Gasteiger partial charge in [-0.05, 0) is 32.0 Å². The number of likely N-dealkylation sites (N-methyl/N-ethyl adjacent to an activating group) is 1. The summed E-state index contributed by atoms with van der Waals surface area (Å²) in [6.07, 6.45) is 0. The summed E-state index contributed by atoms with van der Waals surface area (Å²) in [7, 11) is 1.94. The first-order valence-electron chi connectivity index (χ1n) is 4.65. The van der Waals surface area contributed by atoms with Crippen molar-refractivity contribution in [2.24, 2.45) is 5.73 Å². The van der Waals surface area contributed by atoms with Crippen LogP contribution in [0.25, 0.3) is 0 Å². The van der Waals surface area contributed by atoms with Gasteiger partial charge in [-0.25, -0.2) is 0 Å². The number of benzene rings is 1. The van der Waals surface area contributed by atoms with Crippen molar-refractivity contribution in [3.63, 3.8) is 0 Å². The molecule has 0 bridgehead atoms. The molecule has 0 aliphatic carbocycles. The smallest absolute Gasteiger partial charge is 0.0471 e. The van der Waals surface area contributed by atoms with Crippen LogP contribution in [-0.2, 0) is 0 Å². The highest BCUT2D eigenvalue weighted by atomic mass is 14.9. The highest BCUT2D eigenvalue weighted by molar-refractivity contribution is 5.29. The van der Waals surface area contributed by atoms with E-state index in [2.05, 4.69) is 30.4 Å². The lowest BCUT2D eigenvalue weighted by molar-refractivity contribution is 0.502. The minimum atomic E-state index is 0.131. The third kappa shape index (κ3) is 2.29. The van der Waals surface area contributed by atoms with Crippen molar-refractivity contribution in [3.8, 4) is 0 Å². The number of hydrogen-bond acceptors (Lipinski definition) is 2. The molecule has 2 atom stereocenters. The highest BCUT2D eigenvalue weighted by Crippen LogP contribution is 2.18. The minimum absolute atomic E-state index is 0.131. The van der Waals surface area contributed by atoms with E-state index in [0.29, 0.717) is 0 Å². The topological polar surface area (TPSA) is 38.0 Å². The molecule has 0 fully saturated rings. The predicted molar refractivity (Wildman–Crippen MR) is 56.6 cm³/mol. The Hall–Kier alpha value is -0.860. The third-order valence-corrected chi connectivity index (χ3v) is 2.36. The molecule has 0 spiro atoms. The molecular weight excluding hydrogens is 160 g/mol. The molecule has 3 N–H and O–H groups in total. The number of aryl methyl sites for hydroxylation is 1. The standard InChI is InChI=1S/C11H18N2/c1-8-6-4-5-7-10(8)11(13-3)9(2)12/h4-7,9,11,13H,12H2,1-3H3. The molecule has 1 aromatic rings. The fourth-order valence-electron chi connectivity index (χ4n) is 1.64. The number of rotatable bonds is 3. The summed E-state index contributed by atoms with van der Waals surface area (Å²) in [5, 5.41) is 3.23. The largest absolute Gasteiger partial charge is 0.326 e. The summed E-state index contributed by atoms with van der Waals surface area (Å²) in [4.78, 5) is 0. The zero-order valence-electron chi connectivity index (χ0n) is 8.54. The molecular formula is C11H18N2. The van der Waals surface area contributed by atoms with Crippen LogP contribution in [0.1, 0.15) is 24.1 Å². The van der Waals surface area contributed by atoms with Crippen LogP contribution >= 0.6 is 0 Å². The predicted octanol–water partition coefficient (Wildman–Crippen LogP) is 1.60. The molecule has 0 saturated carbocycles. The highest BCUT2D eigenvalue weighted by Gasteiger charge is 2.14. The van der Waals surface area contributed by atoms with E-state index >= 15 is 0 Å². The van der Waals surface area contributed by atoms with Gasteiger partial charge in [-0.2, -0.15) is 0 Å². The van der Waals surface area contributed by atoms with E-state index in [9.17, 15) is 0 Å². The quantitative estimate of drug-likeness (QED) is 0.738. The zero-order chi connectivity index (χ0) is 9.84. The minimum Gasteiger partial charge on any atom is -0.326 e. The molecule has 13 heavy (non-hydrogen) atoms. The maximum Gasteiger partial charge on any atom is 0.0471 e. The molecule has 2 heteroatoms. The molecule has 0 aliphatic rings. The van der Waals surface area contributed by atoms with Crippen LogP contribution in [-0.4, -0.2) is 13.1 Å². The molecule has 72 valence electrons. The van der Waals surface area contributed by atoms with E-state index in [4.69, 9.17) is 5.73 Å². The van der Waals surface area contributed by atoms with Crippen molar-refractivity contribution in [3.05, 3.63) is 35.4 Å². The molecule has 1 rings (SSSR count). The van der Waals surface area contributed by atoms with Crippen LogP contribution in [0.3, 0.4) is 0 Å². The van der Waals surface area contributed by atoms with Crippen LogP contribution in [0.4, 0.5) is 0 Å². The Bertz CT molecular complexity index is 269. The second kappa shape index (κ2) is 4.40. The second-order valence-electron chi connectivity index (χ2n) is 3.48. The van der Waals surface area contributed by atoms with Gasteiger partial charge >= 0.3 is 0 Å². The summed E-state index contributed by atoms with van der Waals surface area (Å²) in [5.74, 6) is 0. The summed E-state index contributed by atoms with van der Waals surface area (Å²) >= 11 is 0. The van der Waals surface area contributed by atoms with E-state index in [1.165, 1.54) is 11.1 Å². The Morgan fingerprint density at radius 2 is 1.92 bits per heavy atom. The van der Waals surface area contributed by atoms with Gasteiger partial charge in [0.05, 0.1) is 0 Å². The van der Waals surface area contributed by atoms with Gasteiger partial charge in [-0.15, -0.1) is 0 Å². The van der Waals surface area contributed by atoms with Crippen molar-refractivity contribution < 1.29 is 0 Å². The Morgan fingerprint density at radius 1 is 1.31 bits per heavy atom. The van der Waals surface area contributed by atoms with Crippen LogP contribution < -0.4 is 11.1 Å². The Morgan fingerprint density at radius 3 is 2.38 bits per heavy atom. The van der Waals surface area contributed by atoms with Gasteiger partial charge in [-0.3, -0.25) is 0 Å². The van der Waals surface area contributed by atoms with Gasteiger partial charge in [0.25, 0.3) is 0 Å². The first-order chi connectivity index (χ1) is 6.16. The lowest BCUT2D eigenvalue weighted by Gasteiger charge is -2.22. The van der Waals surface area contributed by atoms with E-state index in [1.54, 1.807) is 0 Å². The van der Waals surface area contributed by atoms with Crippen LogP contribution in [0.15, 0.2) is 24.3 Å². The molecule has 1 aromatic carbocycles. The van der Waals surface area contributed by atoms with Gasteiger partial charge in [0, 0.05) is 12.1 Å². The fourth-order valence-corrected chi connectivity index (χ4v) is 1.64. The van der Waals surface area contributed by atoms with Crippen molar-refractivity contribution in [1.29, 1.82) is 0 Å². The lowest BCUT2D eigenvalue weighted by atomic mass is 9.97. The van der Waals surface area contributed by atoms with Crippen LogP contribution in [0, 0.1) is 6.92 Å². The summed E-state index contributed by atoms with van der Waals surface area (Å²) in [6.45, 7) is 4.13. The van der Waals surface area contributed by atoms with Crippen LogP contribution in [0.5, 0.6) is 0 Å². The molecule has 0 aliphatic heterocycles. The normalized spacial score (nSPS) is 15.4. The fraction of sp³-hybridized carbons (Fsp3) is 0.455. The van der Waals surface area contributed by atoms with E-state index in [-0.39, 0.29) is 12.1 Å². The maximum atomic E-state index is 5.89. The van der Waals surface area contributed by atoms with E-state index in [0.717, 1.165) is 0 Å². The first-order valence-corrected chi connectivity index (χ1v) is 4.65. The first kappa shape index (κ1) is 10.2. The molecule has 2 unspecified atom stereocenters. The SMILES string of the molecule is CNC(c1ccccc1C)C(C)N. The summed E-state index contributed by atoms with van der Waals surface area (Å²) in [5.41, 5.74) is 8.47. The molecule has 0 amide bonds. The van der Waals surface area contributed by atoms with Crippen molar-refractivity contribution in [2.45, 2.75) is 25.9 Å². The second-order valence-corrected chi connectivity index (χ2v) is 3.48. The Balaban J connectivity index is 2.97.